The predicted octanol–water partition coefficient (Wildman–Crippen LogP) is -1.64. The van der Waals surface area contributed by atoms with Crippen molar-refractivity contribution in [3.8, 4) is 0 Å². The first kappa shape index (κ1) is 11.1. The van der Waals surface area contributed by atoms with Crippen molar-refractivity contribution in [2.75, 3.05) is 0 Å². The molecule has 0 spiro atoms. The molecule has 0 aromatic carbocycles. The number of aromatic nitrogens is 3. The van der Waals surface area contributed by atoms with Gasteiger partial charge in [0.05, 0.1) is 19.3 Å². The van der Waals surface area contributed by atoms with Crippen LogP contribution in [0.1, 0.15) is 12.1 Å². The molecule has 3 amide bonds. The second kappa shape index (κ2) is 5.05. The highest BCUT2D eigenvalue weighted by atomic mass is 16.3. The Bertz CT molecular complexity index is 361. The van der Waals surface area contributed by atoms with Crippen molar-refractivity contribution in [1.82, 2.24) is 20.3 Å². The number of aliphatic hydroxyl groups excluding tert-OH is 1. The van der Waals surface area contributed by atoms with Gasteiger partial charge in [-0.1, -0.05) is 5.21 Å². The molecule has 1 aromatic heterocycles. The summed E-state index contributed by atoms with van der Waals surface area (Å²) in [5.41, 5.74) is 5.17. The van der Waals surface area contributed by atoms with E-state index in [1.807, 2.05) is 5.32 Å². The summed E-state index contributed by atoms with van der Waals surface area (Å²) >= 11 is 0. The maximum atomic E-state index is 11.0. The zero-order valence-corrected chi connectivity index (χ0v) is 7.88. The Hall–Kier alpha value is -1.96. The van der Waals surface area contributed by atoms with E-state index in [9.17, 15) is 9.59 Å². The zero-order valence-electron chi connectivity index (χ0n) is 7.88. The maximum Gasteiger partial charge on any atom is 0.318 e. The van der Waals surface area contributed by atoms with E-state index < -0.39 is 11.9 Å². The Balaban J connectivity index is 2.36. The second-order valence-electron chi connectivity index (χ2n) is 2.79. The second-order valence-corrected chi connectivity index (χ2v) is 2.79. The Morgan fingerprint density at radius 1 is 1.60 bits per heavy atom. The van der Waals surface area contributed by atoms with Crippen LogP contribution in [-0.2, 0) is 17.9 Å². The Morgan fingerprint density at radius 3 is 2.87 bits per heavy atom. The Labute approximate surface area is 85.1 Å². The lowest BCUT2D eigenvalue weighted by molar-refractivity contribution is -0.120. The van der Waals surface area contributed by atoms with Gasteiger partial charge in [0.1, 0.15) is 5.69 Å². The number of nitrogens with zero attached hydrogens (tertiary/aromatic N) is 3. The molecule has 0 aliphatic rings. The maximum absolute atomic E-state index is 11.0. The van der Waals surface area contributed by atoms with Gasteiger partial charge in [-0.3, -0.25) is 14.8 Å². The highest BCUT2D eigenvalue weighted by Gasteiger charge is 2.05. The summed E-state index contributed by atoms with van der Waals surface area (Å²) in [7, 11) is 0. The molecule has 0 atom stereocenters. The van der Waals surface area contributed by atoms with Gasteiger partial charge in [-0.15, -0.1) is 5.10 Å². The van der Waals surface area contributed by atoms with Crippen LogP contribution in [0.2, 0.25) is 0 Å². The molecular weight excluding hydrogens is 202 g/mol. The number of nitrogens with one attached hydrogen (secondary N) is 1. The molecule has 82 valence electrons. The number of hydrogen-bond donors (Lipinski definition) is 3. The molecule has 0 saturated carbocycles. The van der Waals surface area contributed by atoms with Gasteiger partial charge in [-0.25, -0.2) is 4.79 Å². The lowest BCUT2D eigenvalue weighted by Crippen LogP contribution is -2.35. The van der Waals surface area contributed by atoms with Gasteiger partial charge in [-0.2, -0.15) is 0 Å². The first-order valence-electron chi connectivity index (χ1n) is 4.21. The largest absolute Gasteiger partial charge is 0.390 e. The molecule has 8 nitrogen and oxygen atoms in total. The van der Waals surface area contributed by atoms with Crippen LogP contribution in [-0.4, -0.2) is 32.0 Å². The third-order valence-electron chi connectivity index (χ3n) is 1.58. The molecule has 1 heterocycles. The van der Waals surface area contributed by atoms with Crippen molar-refractivity contribution >= 4 is 11.9 Å². The fourth-order valence-corrected chi connectivity index (χ4v) is 0.936. The van der Waals surface area contributed by atoms with Crippen LogP contribution in [0.5, 0.6) is 0 Å². The number of imide groups is 1. The normalized spacial score (nSPS) is 9.93. The van der Waals surface area contributed by atoms with E-state index in [1.54, 1.807) is 0 Å². The third-order valence-corrected chi connectivity index (χ3v) is 1.58. The van der Waals surface area contributed by atoms with E-state index in [-0.39, 0.29) is 19.6 Å². The van der Waals surface area contributed by atoms with Crippen molar-refractivity contribution in [1.29, 1.82) is 0 Å². The molecule has 0 radical (unpaired) electrons. The predicted molar refractivity (Wildman–Crippen MR) is 48.3 cm³/mol. The van der Waals surface area contributed by atoms with Gasteiger partial charge in [0.25, 0.3) is 0 Å². The molecule has 0 bridgehead atoms. The van der Waals surface area contributed by atoms with Crippen molar-refractivity contribution < 1.29 is 14.7 Å². The minimum atomic E-state index is -0.880. The SMILES string of the molecule is NC(=O)NC(=O)CCn1cc(CO)nn1. The van der Waals surface area contributed by atoms with Crippen LogP contribution in [0.3, 0.4) is 0 Å². The standard InChI is InChI=1S/C7H11N5O3/c8-7(15)9-6(14)1-2-12-3-5(4-13)10-11-12/h3,13H,1-2,4H2,(H3,8,9,14,15). The third kappa shape index (κ3) is 3.73. The quantitative estimate of drug-likeness (QED) is 0.553. The number of nitrogens with two attached hydrogens (primary N) is 1. The van der Waals surface area contributed by atoms with Crippen molar-refractivity contribution in [3.05, 3.63) is 11.9 Å². The molecule has 0 saturated heterocycles. The summed E-state index contributed by atoms with van der Waals surface area (Å²) in [4.78, 5) is 21.3. The number of amides is 3. The van der Waals surface area contributed by atoms with Crippen molar-refractivity contribution in [2.24, 2.45) is 5.73 Å². The van der Waals surface area contributed by atoms with Gasteiger partial charge in [-0.05, 0) is 0 Å². The van der Waals surface area contributed by atoms with Gasteiger partial charge < -0.3 is 10.8 Å². The van der Waals surface area contributed by atoms with E-state index in [1.165, 1.54) is 10.9 Å². The van der Waals surface area contributed by atoms with Crippen LogP contribution in [0.4, 0.5) is 4.79 Å². The van der Waals surface area contributed by atoms with Crippen molar-refractivity contribution in [2.45, 2.75) is 19.6 Å². The Morgan fingerprint density at radius 2 is 2.33 bits per heavy atom. The van der Waals surface area contributed by atoms with Crippen LogP contribution in [0.25, 0.3) is 0 Å². The minimum Gasteiger partial charge on any atom is -0.390 e. The number of urea groups is 1. The van der Waals surface area contributed by atoms with Gasteiger partial charge in [0, 0.05) is 6.42 Å². The van der Waals surface area contributed by atoms with E-state index in [2.05, 4.69) is 10.3 Å². The van der Waals surface area contributed by atoms with Gasteiger partial charge in [0.15, 0.2) is 0 Å². The van der Waals surface area contributed by atoms with E-state index >= 15 is 0 Å². The molecule has 0 fully saturated rings. The molecule has 0 aliphatic heterocycles. The minimum absolute atomic E-state index is 0.0666. The lowest BCUT2D eigenvalue weighted by atomic mass is 10.4. The smallest absolute Gasteiger partial charge is 0.318 e. The topological polar surface area (TPSA) is 123 Å². The van der Waals surface area contributed by atoms with E-state index in [0.717, 1.165) is 0 Å². The van der Waals surface area contributed by atoms with Crippen molar-refractivity contribution in [3.63, 3.8) is 0 Å². The van der Waals surface area contributed by atoms with Gasteiger partial charge >= 0.3 is 6.03 Å². The number of carbonyl (C=O) groups is 2. The van der Waals surface area contributed by atoms with Crippen LogP contribution in [0.15, 0.2) is 6.20 Å². The summed E-state index contributed by atoms with van der Waals surface area (Å²) in [6.45, 7) is 0.0690. The molecule has 0 aliphatic carbocycles. The first-order chi connectivity index (χ1) is 7.11. The first-order valence-corrected chi connectivity index (χ1v) is 4.21. The molecule has 1 rings (SSSR count). The summed E-state index contributed by atoms with van der Waals surface area (Å²) in [5, 5.41) is 17.9. The number of rotatable bonds is 4. The average molecular weight is 213 g/mol. The fraction of sp³-hybridized carbons (Fsp3) is 0.429. The summed E-state index contributed by atoms with van der Waals surface area (Å²) in [6, 6.07) is -0.880. The molecular formula is C7H11N5O3. The molecule has 4 N–H and O–H groups in total. The average Bonchev–Trinajstić information content (AvgIpc) is 2.61. The number of carbonyl (C=O) groups excluding carboxylic acids is 2. The van der Waals surface area contributed by atoms with Gasteiger partial charge in [0.2, 0.25) is 5.91 Å². The number of hydrogen-bond acceptors (Lipinski definition) is 5. The number of primary amides is 1. The zero-order chi connectivity index (χ0) is 11.3. The van der Waals surface area contributed by atoms with E-state index in [0.29, 0.717) is 5.69 Å². The fourth-order valence-electron chi connectivity index (χ4n) is 0.936. The monoisotopic (exact) mass is 213 g/mol. The molecule has 8 heteroatoms. The van der Waals surface area contributed by atoms with E-state index in [4.69, 9.17) is 10.8 Å². The van der Waals surface area contributed by atoms with Crippen LogP contribution in [0, 0.1) is 0 Å². The lowest BCUT2D eigenvalue weighted by Gasteiger charge is -2.00. The summed E-state index contributed by atoms with van der Waals surface area (Å²) in [5.74, 6) is -0.483. The highest BCUT2D eigenvalue weighted by molar-refractivity contribution is 5.93. The molecule has 1 aromatic rings. The summed E-state index contributed by atoms with van der Waals surface area (Å²) in [6.07, 6.45) is 1.58. The number of aliphatic hydroxyl groups is 1. The molecule has 15 heavy (non-hydrogen) atoms. The highest BCUT2D eigenvalue weighted by Crippen LogP contribution is 1.94. The van der Waals surface area contributed by atoms with Crippen LogP contribution < -0.4 is 11.1 Å². The Kier molecular flexibility index (Phi) is 3.75. The summed E-state index contributed by atoms with van der Waals surface area (Å²) < 4.78 is 1.39. The molecule has 0 unspecified atom stereocenters. The van der Waals surface area contributed by atoms with Crippen LogP contribution >= 0.6 is 0 Å². The number of aryl methyl sites for hydroxylation is 1.